The van der Waals surface area contributed by atoms with Crippen LogP contribution in [0.25, 0.3) is 0 Å². The van der Waals surface area contributed by atoms with Crippen LogP contribution in [0.3, 0.4) is 0 Å². The Morgan fingerprint density at radius 2 is 2.29 bits per heavy atom. The first kappa shape index (κ1) is 12.9. The molecular weight excluding hydrogens is 246 g/mol. The number of hydrogen-bond acceptors (Lipinski definition) is 5. The van der Waals surface area contributed by atoms with E-state index in [0.29, 0.717) is 0 Å². The first-order valence-corrected chi connectivity index (χ1v) is 6.02. The van der Waals surface area contributed by atoms with E-state index >= 15 is 0 Å². The van der Waals surface area contributed by atoms with E-state index in [-0.39, 0.29) is 11.4 Å². The fraction of sp³-hybridized carbons (Fsp3) is 0.222. The lowest BCUT2D eigenvalue weighted by molar-refractivity contribution is 0.0697. The van der Waals surface area contributed by atoms with Crippen LogP contribution in [-0.2, 0) is 10.0 Å². The number of rotatable bonds is 4. The minimum absolute atomic E-state index is 0.277. The zero-order valence-electron chi connectivity index (χ0n) is 8.78. The van der Waals surface area contributed by atoms with E-state index in [1.807, 2.05) is 4.72 Å². The van der Waals surface area contributed by atoms with Crippen molar-refractivity contribution in [2.75, 3.05) is 4.72 Å². The molecule has 0 aliphatic heterocycles. The first-order chi connectivity index (χ1) is 7.88. The smallest absolute Gasteiger partial charge is 0.339 e. The van der Waals surface area contributed by atoms with Crippen molar-refractivity contribution >= 4 is 21.8 Å². The van der Waals surface area contributed by atoms with Crippen LogP contribution in [0, 0.1) is 11.3 Å². The number of carboxylic acids is 1. The lowest BCUT2D eigenvalue weighted by Crippen LogP contribution is -2.25. The number of aromatic carboxylic acids is 1. The summed E-state index contributed by atoms with van der Waals surface area (Å²) >= 11 is 0. The van der Waals surface area contributed by atoms with Crippen LogP contribution < -0.4 is 4.72 Å². The highest BCUT2D eigenvalue weighted by Crippen LogP contribution is 2.14. The normalized spacial score (nSPS) is 12.5. The van der Waals surface area contributed by atoms with Crippen molar-refractivity contribution in [3.05, 3.63) is 23.9 Å². The lowest BCUT2D eigenvalue weighted by atomic mass is 10.3. The number of nitrogens with zero attached hydrogens (tertiary/aromatic N) is 2. The van der Waals surface area contributed by atoms with Gasteiger partial charge >= 0.3 is 5.97 Å². The molecule has 2 N–H and O–H groups in total. The van der Waals surface area contributed by atoms with Gasteiger partial charge in [0, 0.05) is 6.20 Å². The van der Waals surface area contributed by atoms with Gasteiger partial charge in [0.05, 0.1) is 6.07 Å². The fourth-order valence-corrected chi connectivity index (χ4v) is 1.70. The Morgan fingerprint density at radius 3 is 2.82 bits per heavy atom. The van der Waals surface area contributed by atoms with Gasteiger partial charge in [-0.3, -0.25) is 4.72 Å². The molecule has 7 nitrogen and oxygen atoms in total. The number of nitrogens with one attached hydrogen (secondary N) is 1. The summed E-state index contributed by atoms with van der Waals surface area (Å²) in [6.07, 6.45) is 1.25. The molecule has 17 heavy (non-hydrogen) atoms. The Labute approximate surface area is 97.8 Å². The van der Waals surface area contributed by atoms with Gasteiger partial charge in [0.25, 0.3) is 0 Å². The summed E-state index contributed by atoms with van der Waals surface area (Å²) in [7, 11) is -3.96. The van der Waals surface area contributed by atoms with Crippen molar-refractivity contribution in [1.82, 2.24) is 4.98 Å². The third-order valence-corrected chi connectivity index (χ3v) is 3.44. The number of carboxylic acid groups (broad SMARTS) is 1. The van der Waals surface area contributed by atoms with Gasteiger partial charge in [-0.25, -0.2) is 18.2 Å². The SMILES string of the molecule is CC(C#N)S(=O)(=O)Nc1ncccc1C(=O)O. The maximum atomic E-state index is 11.5. The molecule has 1 rings (SSSR count). The summed E-state index contributed by atoms with van der Waals surface area (Å²) in [4.78, 5) is 14.4. The van der Waals surface area contributed by atoms with Gasteiger partial charge in [-0.05, 0) is 19.1 Å². The molecule has 1 aromatic heterocycles. The number of anilines is 1. The summed E-state index contributed by atoms with van der Waals surface area (Å²) in [6.45, 7) is 1.19. The molecule has 0 radical (unpaired) electrons. The molecule has 0 aliphatic rings. The molecule has 8 heteroatoms. The van der Waals surface area contributed by atoms with E-state index in [9.17, 15) is 13.2 Å². The summed E-state index contributed by atoms with van der Waals surface area (Å²) in [5, 5.41) is 16.0. The van der Waals surface area contributed by atoms with Crippen molar-refractivity contribution < 1.29 is 18.3 Å². The number of carbonyl (C=O) groups is 1. The summed E-state index contributed by atoms with van der Waals surface area (Å²) in [6, 6.07) is 4.13. The summed E-state index contributed by atoms with van der Waals surface area (Å²) in [5.74, 6) is -1.61. The van der Waals surface area contributed by atoms with E-state index in [2.05, 4.69) is 4.98 Å². The highest BCUT2D eigenvalue weighted by Gasteiger charge is 2.23. The average molecular weight is 255 g/mol. The van der Waals surface area contributed by atoms with Crippen molar-refractivity contribution in [1.29, 1.82) is 5.26 Å². The Morgan fingerprint density at radius 1 is 1.65 bits per heavy atom. The van der Waals surface area contributed by atoms with Gasteiger partial charge in [0.1, 0.15) is 5.56 Å². The van der Waals surface area contributed by atoms with Crippen LogP contribution in [0.5, 0.6) is 0 Å². The second-order valence-electron chi connectivity index (χ2n) is 3.12. The van der Waals surface area contributed by atoms with E-state index in [0.717, 1.165) is 0 Å². The topological polar surface area (TPSA) is 120 Å². The Kier molecular flexibility index (Phi) is 3.65. The second-order valence-corrected chi connectivity index (χ2v) is 5.12. The number of pyridine rings is 1. The lowest BCUT2D eigenvalue weighted by Gasteiger charge is -2.09. The van der Waals surface area contributed by atoms with E-state index in [1.54, 1.807) is 6.07 Å². The summed E-state index contributed by atoms with van der Waals surface area (Å²) < 4.78 is 25.1. The number of aromatic nitrogens is 1. The maximum absolute atomic E-state index is 11.5. The molecule has 1 heterocycles. The van der Waals surface area contributed by atoms with Crippen molar-refractivity contribution in [3.63, 3.8) is 0 Å². The first-order valence-electron chi connectivity index (χ1n) is 4.48. The van der Waals surface area contributed by atoms with Gasteiger partial charge < -0.3 is 5.11 Å². The Balaban J connectivity index is 3.13. The van der Waals surface area contributed by atoms with Crippen LogP contribution in [0.2, 0.25) is 0 Å². The predicted octanol–water partition coefficient (Wildman–Crippen LogP) is 0.434. The number of nitriles is 1. The highest BCUT2D eigenvalue weighted by atomic mass is 32.2. The van der Waals surface area contributed by atoms with Crippen molar-refractivity contribution in [2.45, 2.75) is 12.2 Å². The van der Waals surface area contributed by atoms with Crippen molar-refractivity contribution in [3.8, 4) is 6.07 Å². The van der Waals surface area contributed by atoms with Crippen LogP contribution in [0.15, 0.2) is 18.3 Å². The van der Waals surface area contributed by atoms with Gasteiger partial charge in [0.15, 0.2) is 11.1 Å². The molecule has 0 aliphatic carbocycles. The highest BCUT2D eigenvalue weighted by molar-refractivity contribution is 7.93. The van der Waals surface area contributed by atoms with Crippen LogP contribution in [-0.4, -0.2) is 29.7 Å². The Bertz CT molecular complexity index is 576. The largest absolute Gasteiger partial charge is 0.478 e. The molecule has 1 aromatic rings. The average Bonchev–Trinajstić information content (AvgIpc) is 2.27. The van der Waals surface area contributed by atoms with Gasteiger partial charge in [-0.1, -0.05) is 0 Å². The molecule has 0 bridgehead atoms. The zero-order valence-corrected chi connectivity index (χ0v) is 9.60. The molecule has 0 saturated heterocycles. The van der Waals surface area contributed by atoms with E-state index < -0.39 is 21.2 Å². The van der Waals surface area contributed by atoms with Gasteiger partial charge in [-0.15, -0.1) is 0 Å². The number of sulfonamides is 1. The molecule has 1 atom stereocenters. The minimum Gasteiger partial charge on any atom is -0.478 e. The van der Waals surface area contributed by atoms with Gasteiger partial charge in [-0.2, -0.15) is 5.26 Å². The molecule has 0 saturated carbocycles. The monoisotopic (exact) mass is 255 g/mol. The molecule has 0 aromatic carbocycles. The maximum Gasteiger partial charge on any atom is 0.339 e. The third kappa shape index (κ3) is 2.92. The van der Waals surface area contributed by atoms with E-state index in [4.69, 9.17) is 10.4 Å². The van der Waals surface area contributed by atoms with Crippen LogP contribution >= 0.6 is 0 Å². The molecule has 0 amide bonds. The molecule has 0 spiro atoms. The fourth-order valence-electron chi connectivity index (χ4n) is 0.952. The second kappa shape index (κ2) is 4.80. The van der Waals surface area contributed by atoms with Gasteiger partial charge in [0.2, 0.25) is 10.0 Å². The van der Waals surface area contributed by atoms with Crippen LogP contribution in [0.1, 0.15) is 17.3 Å². The predicted molar refractivity (Wildman–Crippen MR) is 58.8 cm³/mol. The quantitative estimate of drug-likeness (QED) is 0.805. The van der Waals surface area contributed by atoms with Crippen LogP contribution in [0.4, 0.5) is 5.82 Å². The standard InChI is InChI=1S/C9H9N3O4S/c1-6(5-10)17(15,16)12-8-7(9(13)14)3-2-4-11-8/h2-4,6H,1H3,(H,11,12)(H,13,14). The molecular formula is C9H9N3O4S. The van der Waals surface area contributed by atoms with E-state index in [1.165, 1.54) is 25.3 Å². The minimum atomic E-state index is -3.96. The van der Waals surface area contributed by atoms with Crippen molar-refractivity contribution in [2.24, 2.45) is 0 Å². The zero-order chi connectivity index (χ0) is 13.1. The number of hydrogen-bond donors (Lipinski definition) is 2. The molecule has 90 valence electrons. The summed E-state index contributed by atoms with van der Waals surface area (Å²) in [5.41, 5.74) is -0.277. The molecule has 0 fully saturated rings. The third-order valence-electron chi connectivity index (χ3n) is 1.92. The molecule has 1 unspecified atom stereocenters. The Hall–Kier alpha value is -2.14.